The van der Waals surface area contributed by atoms with Crippen LogP contribution in [0.15, 0.2) is 128 Å². The number of benzene rings is 4. The quantitative estimate of drug-likeness (QED) is 0.166. The number of ether oxygens (including phenoxy) is 1. The fraction of sp³-hybridized carbons (Fsp3) is 0.205. The minimum Gasteiger partial charge on any atom is -0.457 e. The van der Waals surface area contributed by atoms with E-state index in [0.29, 0.717) is 30.1 Å². The molecule has 7 nitrogen and oxygen atoms in total. The average molecular weight is 611 g/mol. The molecule has 1 aromatic heterocycles. The lowest BCUT2D eigenvalue weighted by molar-refractivity contribution is 0.0927. The van der Waals surface area contributed by atoms with Gasteiger partial charge in [0, 0.05) is 42.8 Å². The number of urea groups is 1. The van der Waals surface area contributed by atoms with Gasteiger partial charge in [0.05, 0.1) is 0 Å². The Morgan fingerprint density at radius 3 is 2.02 bits per heavy atom. The van der Waals surface area contributed by atoms with E-state index in [1.807, 2.05) is 103 Å². The fourth-order valence-electron chi connectivity index (χ4n) is 5.70. The number of pyridine rings is 1. The molecule has 0 atom stereocenters. The van der Waals surface area contributed by atoms with Gasteiger partial charge in [-0.1, -0.05) is 79.9 Å². The summed E-state index contributed by atoms with van der Waals surface area (Å²) in [5, 5.41) is 6.22. The van der Waals surface area contributed by atoms with E-state index in [0.717, 1.165) is 40.8 Å². The number of para-hydroxylation sites is 1. The Morgan fingerprint density at radius 2 is 1.35 bits per heavy atom. The van der Waals surface area contributed by atoms with Crippen molar-refractivity contribution in [1.29, 1.82) is 0 Å². The van der Waals surface area contributed by atoms with E-state index < -0.39 is 0 Å². The lowest BCUT2D eigenvalue weighted by atomic mass is 9.95. The number of carbonyl (C=O) groups excluding carboxylic acids is 2. The Bertz CT molecular complexity index is 1700. The van der Waals surface area contributed by atoms with Crippen molar-refractivity contribution >= 4 is 17.6 Å². The molecule has 6 rings (SSSR count). The Morgan fingerprint density at radius 1 is 0.696 bits per heavy atom. The van der Waals surface area contributed by atoms with Gasteiger partial charge in [-0.3, -0.25) is 9.78 Å². The number of nitrogens with one attached hydrogen (secondary N) is 2. The van der Waals surface area contributed by atoms with Gasteiger partial charge in [-0.15, -0.1) is 0 Å². The van der Waals surface area contributed by atoms with Crippen LogP contribution in [0.4, 0.5) is 10.5 Å². The topological polar surface area (TPSA) is 83.6 Å². The molecule has 7 heteroatoms. The van der Waals surface area contributed by atoms with E-state index in [9.17, 15) is 9.59 Å². The van der Waals surface area contributed by atoms with Crippen LogP contribution in [0.1, 0.15) is 53.6 Å². The summed E-state index contributed by atoms with van der Waals surface area (Å²) in [4.78, 5) is 32.3. The lowest BCUT2D eigenvalue weighted by Gasteiger charge is -2.23. The normalized spacial score (nSPS) is 13.0. The molecule has 1 saturated carbocycles. The molecular weight excluding hydrogens is 572 g/mol. The highest BCUT2D eigenvalue weighted by Crippen LogP contribution is 2.25. The summed E-state index contributed by atoms with van der Waals surface area (Å²) in [6, 6.07) is 36.8. The Kier molecular flexibility index (Phi) is 10.00. The molecule has 0 spiro atoms. The van der Waals surface area contributed by atoms with Crippen LogP contribution in [-0.4, -0.2) is 27.9 Å². The first kappa shape index (κ1) is 30.6. The van der Waals surface area contributed by atoms with Gasteiger partial charge in [0.25, 0.3) is 5.91 Å². The zero-order chi connectivity index (χ0) is 31.6. The number of nitrogens with zero attached hydrogens (tertiary/aromatic N) is 2. The number of hydrogen-bond donors (Lipinski definition) is 2. The van der Waals surface area contributed by atoms with E-state index in [2.05, 4.69) is 27.8 Å². The molecule has 3 amide bonds. The van der Waals surface area contributed by atoms with Gasteiger partial charge in [0.15, 0.2) is 0 Å². The SMILES string of the molecule is O=C(NC1CCCCC1)c1ccc(-c2ccc(CN(Cc3cccnc3)C(=O)Nc3ccc(Oc4ccccc4)cc3)cc2)cc1. The van der Waals surface area contributed by atoms with Gasteiger partial charge in [0.1, 0.15) is 11.5 Å². The standard InChI is InChI=1S/C39H38N4O3/c44-38(41-34-9-3-1-4-10-34)33-19-17-32(18-20-33)31-15-13-29(14-16-31)27-43(28-30-8-7-25-40-26-30)39(45)42-35-21-23-37(24-22-35)46-36-11-5-2-6-12-36/h2,5-8,11-26,34H,1,3-4,9-10,27-28H2,(H,41,44)(H,42,45). The molecule has 46 heavy (non-hydrogen) atoms. The third-order valence-corrected chi connectivity index (χ3v) is 8.22. The summed E-state index contributed by atoms with van der Waals surface area (Å²) < 4.78 is 5.88. The molecule has 5 aromatic rings. The Labute approximate surface area is 270 Å². The highest BCUT2D eigenvalue weighted by Gasteiger charge is 2.18. The predicted octanol–water partition coefficient (Wildman–Crippen LogP) is 8.84. The van der Waals surface area contributed by atoms with Gasteiger partial charge < -0.3 is 20.3 Å². The van der Waals surface area contributed by atoms with Crippen molar-refractivity contribution in [2.75, 3.05) is 5.32 Å². The van der Waals surface area contributed by atoms with Crippen molar-refractivity contribution in [1.82, 2.24) is 15.2 Å². The summed E-state index contributed by atoms with van der Waals surface area (Å²) in [5.74, 6) is 1.44. The van der Waals surface area contributed by atoms with Crippen LogP contribution in [0, 0.1) is 0 Å². The maximum Gasteiger partial charge on any atom is 0.322 e. The molecule has 1 aliphatic carbocycles. The second-order valence-corrected chi connectivity index (χ2v) is 11.7. The number of anilines is 1. The van der Waals surface area contributed by atoms with Crippen molar-refractivity contribution in [2.45, 2.75) is 51.2 Å². The summed E-state index contributed by atoms with van der Waals surface area (Å²) >= 11 is 0. The maximum absolute atomic E-state index is 13.5. The van der Waals surface area contributed by atoms with Gasteiger partial charge in [0.2, 0.25) is 0 Å². The molecule has 1 aliphatic rings. The first-order valence-corrected chi connectivity index (χ1v) is 15.9. The zero-order valence-corrected chi connectivity index (χ0v) is 25.8. The summed E-state index contributed by atoms with van der Waals surface area (Å²) in [7, 11) is 0. The summed E-state index contributed by atoms with van der Waals surface area (Å²) in [6.07, 6.45) is 9.26. The second-order valence-electron chi connectivity index (χ2n) is 11.7. The van der Waals surface area contributed by atoms with Crippen molar-refractivity contribution in [3.8, 4) is 22.6 Å². The van der Waals surface area contributed by atoms with Crippen molar-refractivity contribution in [2.24, 2.45) is 0 Å². The molecule has 1 heterocycles. The average Bonchev–Trinajstić information content (AvgIpc) is 3.10. The molecule has 232 valence electrons. The second kappa shape index (κ2) is 15.0. The number of hydrogen-bond acceptors (Lipinski definition) is 4. The van der Waals surface area contributed by atoms with Gasteiger partial charge in [-0.2, -0.15) is 0 Å². The maximum atomic E-state index is 13.5. The lowest BCUT2D eigenvalue weighted by Crippen LogP contribution is -2.36. The van der Waals surface area contributed by atoms with Crippen molar-refractivity contribution in [3.05, 3.63) is 144 Å². The molecule has 0 radical (unpaired) electrons. The largest absolute Gasteiger partial charge is 0.457 e. The first-order chi connectivity index (χ1) is 22.6. The molecule has 0 saturated heterocycles. The monoisotopic (exact) mass is 610 g/mol. The van der Waals surface area contributed by atoms with Crippen LogP contribution in [0.5, 0.6) is 11.5 Å². The molecule has 0 aliphatic heterocycles. The minimum absolute atomic E-state index is 0.00255. The number of carbonyl (C=O) groups is 2. The van der Waals surface area contributed by atoms with Gasteiger partial charge in [-0.05, 0) is 89.7 Å². The first-order valence-electron chi connectivity index (χ1n) is 15.9. The zero-order valence-electron chi connectivity index (χ0n) is 25.8. The van der Waals surface area contributed by atoms with Crippen LogP contribution in [0.3, 0.4) is 0 Å². The number of aromatic nitrogens is 1. The summed E-state index contributed by atoms with van der Waals surface area (Å²) in [5.41, 5.74) is 5.37. The predicted molar refractivity (Wildman–Crippen MR) is 182 cm³/mol. The van der Waals surface area contributed by atoms with E-state index in [1.165, 1.54) is 19.3 Å². The smallest absolute Gasteiger partial charge is 0.322 e. The molecule has 0 unspecified atom stereocenters. The number of rotatable bonds is 10. The Hall–Kier alpha value is -5.43. The molecule has 2 N–H and O–H groups in total. The summed E-state index contributed by atoms with van der Waals surface area (Å²) in [6.45, 7) is 0.817. The third-order valence-electron chi connectivity index (χ3n) is 8.22. The Balaban J connectivity index is 1.10. The number of amides is 3. The highest BCUT2D eigenvalue weighted by atomic mass is 16.5. The minimum atomic E-state index is -0.216. The van der Waals surface area contributed by atoms with E-state index >= 15 is 0 Å². The molecule has 1 fully saturated rings. The van der Waals surface area contributed by atoms with E-state index in [4.69, 9.17) is 4.74 Å². The van der Waals surface area contributed by atoms with Crippen LogP contribution >= 0.6 is 0 Å². The molecular formula is C39H38N4O3. The van der Waals surface area contributed by atoms with Gasteiger partial charge >= 0.3 is 6.03 Å². The fourth-order valence-corrected chi connectivity index (χ4v) is 5.70. The van der Waals surface area contributed by atoms with Crippen LogP contribution in [-0.2, 0) is 13.1 Å². The van der Waals surface area contributed by atoms with Crippen molar-refractivity contribution < 1.29 is 14.3 Å². The van der Waals surface area contributed by atoms with Gasteiger partial charge in [-0.25, -0.2) is 4.79 Å². The molecule has 0 bridgehead atoms. The van der Waals surface area contributed by atoms with Crippen LogP contribution in [0.25, 0.3) is 11.1 Å². The highest BCUT2D eigenvalue weighted by molar-refractivity contribution is 5.95. The molecule has 4 aromatic carbocycles. The third kappa shape index (κ3) is 8.39. The van der Waals surface area contributed by atoms with Crippen LogP contribution < -0.4 is 15.4 Å². The van der Waals surface area contributed by atoms with Crippen molar-refractivity contribution in [3.63, 3.8) is 0 Å². The van der Waals surface area contributed by atoms with E-state index in [-0.39, 0.29) is 18.0 Å². The van der Waals surface area contributed by atoms with Crippen LogP contribution in [0.2, 0.25) is 0 Å². The van der Waals surface area contributed by atoms with E-state index in [1.54, 1.807) is 17.3 Å².